The highest BCUT2D eigenvalue weighted by Crippen LogP contribution is 1.99. The lowest BCUT2D eigenvalue weighted by molar-refractivity contribution is 0.962. The van der Waals surface area contributed by atoms with Gasteiger partial charge < -0.3 is 11.5 Å². The second kappa shape index (κ2) is 5.80. The number of nitrogens with zero attached hydrogens (tertiary/aromatic N) is 2. The van der Waals surface area contributed by atoms with E-state index in [0.29, 0.717) is 0 Å². The Morgan fingerprint density at radius 1 is 1.47 bits per heavy atom. The molecule has 0 unspecified atom stereocenters. The van der Waals surface area contributed by atoms with Crippen molar-refractivity contribution >= 4 is 11.8 Å². The minimum atomic E-state index is -2.14. The molecule has 0 heterocycles. The predicted octanol–water partition coefficient (Wildman–Crippen LogP) is 0.921. The summed E-state index contributed by atoms with van der Waals surface area (Å²) in [5, 5.41) is 0. The van der Waals surface area contributed by atoms with E-state index in [1.54, 1.807) is 0 Å². The Morgan fingerprint density at radius 2 is 2.27 bits per heavy atom. The van der Waals surface area contributed by atoms with Crippen molar-refractivity contribution in [1.82, 2.24) is 0 Å². The van der Waals surface area contributed by atoms with E-state index in [2.05, 4.69) is 9.98 Å². The minimum Gasteiger partial charge on any atom is -0.387 e. The van der Waals surface area contributed by atoms with Crippen LogP contribution in [0.15, 0.2) is 40.2 Å². The zero-order valence-corrected chi connectivity index (χ0v) is 8.41. The van der Waals surface area contributed by atoms with Crippen molar-refractivity contribution in [2.75, 3.05) is 6.50 Å². The highest BCUT2D eigenvalue weighted by Gasteiger charge is 1.91. The highest BCUT2D eigenvalue weighted by atomic mass is 15.1. The fraction of sp³-hybridized carbons (Fsp3) is 0.273. The fourth-order valence-corrected chi connectivity index (χ4v) is 0.849. The number of benzene rings is 1. The molecule has 80 valence electrons. The van der Waals surface area contributed by atoms with Crippen LogP contribution in [0.4, 0.5) is 0 Å². The lowest BCUT2D eigenvalue weighted by Crippen LogP contribution is -2.16. The minimum absolute atomic E-state index is 0.0119. The maximum absolute atomic E-state index is 7.76. The molecule has 1 rings (SSSR count). The van der Waals surface area contributed by atoms with Crippen molar-refractivity contribution in [1.29, 1.82) is 0 Å². The largest absolute Gasteiger partial charge is 0.387 e. The molecule has 0 fully saturated rings. The van der Waals surface area contributed by atoms with Gasteiger partial charge in [0.05, 0.1) is 12.7 Å². The van der Waals surface area contributed by atoms with E-state index in [1.165, 1.54) is 19.1 Å². The van der Waals surface area contributed by atoms with Gasteiger partial charge in [-0.3, -0.25) is 4.99 Å². The average Bonchev–Trinajstić information content (AvgIpc) is 2.27. The molecule has 0 saturated heterocycles. The van der Waals surface area contributed by atoms with Crippen LogP contribution in [-0.4, -0.2) is 18.3 Å². The Bertz CT molecular complexity index is 564. The van der Waals surface area contributed by atoms with Gasteiger partial charge in [0.1, 0.15) is 0 Å². The molecule has 0 aliphatic heterocycles. The summed E-state index contributed by atoms with van der Waals surface area (Å²) in [4.78, 5) is 7.21. The van der Waals surface area contributed by atoms with Gasteiger partial charge in [-0.15, -0.1) is 0 Å². The van der Waals surface area contributed by atoms with Crippen LogP contribution in [0.2, 0.25) is 0 Å². The van der Waals surface area contributed by atoms with Gasteiger partial charge in [-0.25, -0.2) is 4.99 Å². The summed E-state index contributed by atoms with van der Waals surface area (Å²) >= 11 is 0. The molecule has 15 heavy (non-hydrogen) atoms. The van der Waals surface area contributed by atoms with Gasteiger partial charge in [0, 0.05) is 6.50 Å². The van der Waals surface area contributed by atoms with E-state index in [0.717, 1.165) is 0 Å². The smallest absolute Gasteiger partial charge is 0.216 e. The fourth-order valence-electron chi connectivity index (χ4n) is 0.849. The number of hydrogen-bond donors (Lipinski definition) is 2. The van der Waals surface area contributed by atoms with Crippen molar-refractivity contribution in [3.63, 3.8) is 0 Å². The van der Waals surface area contributed by atoms with Crippen molar-refractivity contribution in [3.8, 4) is 0 Å². The summed E-state index contributed by atoms with van der Waals surface area (Å²) in [6.45, 7) is -0.645. The Morgan fingerprint density at radius 3 is 3.00 bits per heavy atom. The van der Waals surface area contributed by atoms with Crippen molar-refractivity contribution in [2.45, 2.75) is 13.3 Å². The van der Waals surface area contributed by atoms with E-state index in [9.17, 15) is 0 Å². The predicted molar refractivity (Wildman–Crippen MR) is 63.9 cm³/mol. The molecule has 0 saturated carbocycles. The van der Waals surface area contributed by atoms with Gasteiger partial charge in [-0.2, -0.15) is 0 Å². The molecule has 1 aromatic rings. The third-order valence-corrected chi connectivity index (χ3v) is 1.39. The lowest BCUT2D eigenvalue weighted by atomic mass is 10.2. The molecular formula is C11H16N4. The Kier molecular flexibility index (Phi) is 2.28. The Labute approximate surface area is 96.8 Å². The highest BCUT2D eigenvalue weighted by molar-refractivity contribution is 5.93. The van der Waals surface area contributed by atoms with E-state index < -0.39 is 6.50 Å². The molecule has 0 bridgehead atoms. The monoisotopic (exact) mass is 209 g/mol. The van der Waals surface area contributed by atoms with Gasteiger partial charge in [0.2, 0.25) is 5.96 Å². The molecule has 4 N–H and O–H groups in total. The van der Waals surface area contributed by atoms with Gasteiger partial charge in [0.25, 0.3) is 0 Å². The number of aliphatic imine (C=N–C) groups is 2. The molecule has 0 amide bonds. The third-order valence-electron chi connectivity index (χ3n) is 1.39. The van der Waals surface area contributed by atoms with Crippen molar-refractivity contribution < 1.29 is 6.85 Å². The Balaban J connectivity index is 3.09. The number of hydrogen-bond acceptors (Lipinski definition) is 1. The second-order valence-corrected chi connectivity index (χ2v) is 2.78. The number of rotatable bonds is 3. The van der Waals surface area contributed by atoms with Crippen LogP contribution in [0, 0.1) is 0 Å². The standard InChI is InChI=1S/C11H16N4/c1-9(12)15-11(13)14-8-7-10-5-3-2-4-6-10/h2-6H,7-8H2,1H3,(H4,12,13,14,15)/i3D,5D,6D,8D2. The van der Waals surface area contributed by atoms with Gasteiger partial charge in [-0.05, 0) is 18.9 Å². The molecule has 0 radical (unpaired) electrons. The Hall–Kier alpha value is -1.84. The van der Waals surface area contributed by atoms with Crippen LogP contribution >= 0.6 is 0 Å². The molecular weight excluding hydrogens is 188 g/mol. The topological polar surface area (TPSA) is 76.8 Å². The molecule has 0 aromatic heterocycles. The van der Waals surface area contributed by atoms with E-state index in [1.807, 2.05) is 0 Å². The second-order valence-electron chi connectivity index (χ2n) is 2.78. The first-order valence-corrected chi connectivity index (χ1v) is 4.34. The van der Waals surface area contributed by atoms with Crippen LogP contribution in [0.3, 0.4) is 0 Å². The van der Waals surface area contributed by atoms with E-state index in [4.69, 9.17) is 18.3 Å². The van der Waals surface area contributed by atoms with Crippen LogP contribution in [0.5, 0.6) is 0 Å². The lowest BCUT2D eigenvalue weighted by Gasteiger charge is -1.97. The summed E-state index contributed by atoms with van der Waals surface area (Å²) in [5.74, 6) is -0.160. The van der Waals surface area contributed by atoms with Gasteiger partial charge in [-0.1, -0.05) is 30.3 Å². The van der Waals surface area contributed by atoms with Crippen molar-refractivity contribution in [3.05, 3.63) is 35.8 Å². The third kappa shape index (κ3) is 4.81. The molecule has 0 aliphatic carbocycles. The zero-order chi connectivity index (χ0) is 15.5. The van der Waals surface area contributed by atoms with Crippen LogP contribution in [0.25, 0.3) is 0 Å². The summed E-state index contributed by atoms with van der Waals surface area (Å²) in [6, 6.07) is 2.40. The van der Waals surface area contributed by atoms with E-state index in [-0.39, 0.29) is 41.9 Å². The van der Waals surface area contributed by atoms with Gasteiger partial charge >= 0.3 is 0 Å². The first-order chi connectivity index (χ1) is 9.12. The summed E-state index contributed by atoms with van der Waals surface area (Å²) in [6.07, 6.45) is -0.336. The summed E-state index contributed by atoms with van der Waals surface area (Å²) < 4.78 is 38.4. The SMILES string of the molecule is [2H]c1ccc([2H])c(CC([2H])([2H])N=C(N)N=C(C)N)c1[2H]. The molecule has 1 aromatic carbocycles. The first-order valence-electron chi connectivity index (χ1n) is 6.84. The number of nitrogens with two attached hydrogens (primary N) is 2. The van der Waals surface area contributed by atoms with Crippen LogP contribution in [-0.2, 0) is 6.42 Å². The van der Waals surface area contributed by atoms with Crippen LogP contribution in [0.1, 0.15) is 19.3 Å². The number of guanidine groups is 1. The summed E-state index contributed by atoms with van der Waals surface area (Å²) in [5.41, 5.74) is 10.9. The molecule has 4 heteroatoms. The van der Waals surface area contributed by atoms with E-state index >= 15 is 0 Å². The maximum Gasteiger partial charge on any atom is 0.216 e. The quantitative estimate of drug-likeness (QED) is 0.573. The van der Waals surface area contributed by atoms with Crippen LogP contribution < -0.4 is 11.5 Å². The maximum atomic E-state index is 7.76. The zero-order valence-electron chi connectivity index (χ0n) is 13.4. The molecule has 0 spiro atoms. The van der Waals surface area contributed by atoms with Crippen molar-refractivity contribution in [2.24, 2.45) is 21.5 Å². The molecule has 4 nitrogen and oxygen atoms in total. The molecule has 0 atom stereocenters. The molecule has 0 aliphatic rings. The average molecular weight is 209 g/mol. The van der Waals surface area contributed by atoms with Gasteiger partial charge in [0.15, 0.2) is 0 Å². The number of amidine groups is 1. The first kappa shape index (κ1) is 5.90. The normalized spacial score (nSPS) is 18.6. The summed E-state index contributed by atoms with van der Waals surface area (Å²) in [7, 11) is 0.